The van der Waals surface area contributed by atoms with Gasteiger partial charge in [0.2, 0.25) is 0 Å². The third kappa shape index (κ3) is 5.54. The number of carbonyl (C=O) groups is 2. The molecule has 0 bridgehead atoms. The van der Waals surface area contributed by atoms with Crippen molar-refractivity contribution in [3.05, 3.63) is 29.6 Å². The second-order valence-electron chi connectivity index (χ2n) is 8.95. The summed E-state index contributed by atoms with van der Waals surface area (Å²) in [7, 11) is 0. The van der Waals surface area contributed by atoms with Gasteiger partial charge in [0.1, 0.15) is 12.8 Å². The highest BCUT2D eigenvalue weighted by Gasteiger charge is 2.44. The molecule has 8 heteroatoms. The highest BCUT2D eigenvalue weighted by molar-refractivity contribution is 6.03. The maximum atomic E-state index is 14.1. The van der Waals surface area contributed by atoms with Crippen molar-refractivity contribution in [1.29, 1.82) is 0 Å². The summed E-state index contributed by atoms with van der Waals surface area (Å²) in [6.07, 6.45) is 7.38. The van der Waals surface area contributed by atoms with Crippen LogP contribution < -0.4 is 15.4 Å². The fraction of sp³-hybridized carbons (Fsp3) is 0.652. The lowest BCUT2D eigenvalue weighted by atomic mass is 10.0. The Labute approximate surface area is 182 Å². The molecule has 1 heterocycles. The van der Waals surface area contributed by atoms with E-state index in [-0.39, 0.29) is 24.0 Å². The van der Waals surface area contributed by atoms with Gasteiger partial charge in [0.05, 0.1) is 6.61 Å². The quantitative estimate of drug-likeness (QED) is 0.369. The van der Waals surface area contributed by atoms with E-state index in [0.717, 1.165) is 44.2 Å². The zero-order valence-corrected chi connectivity index (χ0v) is 18.1. The number of hydrogen-bond acceptors (Lipinski definition) is 5. The number of nitrogens with zero attached hydrogens (tertiary/aromatic N) is 1. The number of urea groups is 1. The number of unbranched alkanes of at least 4 members (excludes halogenated alkanes) is 2. The molecule has 1 aromatic rings. The molecule has 170 valence electrons. The number of ether oxygens (including phenoxy) is 2. The van der Waals surface area contributed by atoms with Crippen molar-refractivity contribution in [3.8, 4) is 5.75 Å². The number of imide groups is 1. The molecule has 0 unspecified atom stereocenters. The predicted molar refractivity (Wildman–Crippen MR) is 113 cm³/mol. The largest absolute Gasteiger partial charge is 0.490 e. The van der Waals surface area contributed by atoms with Crippen molar-refractivity contribution in [2.75, 3.05) is 26.5 Å². The predicted octanol–water partition coefficient (Wildman–Crippen LogP) is 3.28. The number of halogens is 1. The van der Waals surface area contributed by atoms with E-state index in [9.17, 15) is 14.0 Å². The lowest BCUT2D eigenvalue weighted by molar-refractivity contribution is -0.121. The minimum atomic E-state index is -0.475. The smallest absolute Gasteiger partial charge is 0.326 e. The van der Waals surface area contributed by atoms with Gasteiger partial charge in [0.15, 0.2) is 11.6 Å². The van der Waals surface area contributed by atoms with Gasteiger partial charge in [-0.05, 0) is 82.0 Å². The van der Waals surface area contributed by atoms with E-state index in [1.807, 2.05) is 12.1 Å². The Kier molecular flexibility index (Phi) is 6.77. The lowest BCUT2D eigenvalue weighted by Gasteiger charge is -2.20. The van der Waals surface area contributed by atoms with Crippen molar-refractivity contribution >= 4 is 11.9 Å². The summed E-state index contributed by atoms with van der Waals surface area (Å²) in [6, 6.07) is 4.39. The van der Waals surface area contributed by atoms with Crippen LogP contribution in [-0.4, -0.2) is 49.4 Å². The van der Waals surface area contributed by atoms with Gasteiger partial charge in [-0.2, -0.15) is 0 Å². The molecule has 7 nitrogen and oxygen atoms in total. The number of amides is 3. The number of hydrogen-bond donors (Lipinski definition) is 2. The molecule has 1 atom stereocenters. The molecule has 3 fully saturated rings. The first-order chi connectivity index (χ1) is 15.0. The number of benzene rings is 1. The second-order valence-corrected chi connectivity index (χ2v) is 8.95. The summed E-state index contributed by atoms with van der Waals surface area (Å²) in [5.74, 6) is 0.401. The van der Waals surface area contributed by atoms with Gasteiger partial charge in [-0.25, -0.2) is 9.18 Å². The fourth-order valence-electron chi connectivity index (χ4n) is 3.86. The van der Waals surface area contributed by atoms with Crippen molar-refractivity contribution < 1.29 is 23.5 Å². The molecule has 31 heavy (non-hydrogen) atoms. The van der Waals surface area contributed by atoms with Crippen molar-refractivity contribution in [2.24, 2.45) is 5.92 Å². The van der Waals surface area contributed by atoms with Crippen LogP contribution in [0.25, 0.3) is 0 Å². The maximum absolute atomic E-state index is 14.1. The molecule has 3 amide bonds. The highest BCUT2D eigenvalue weighted by atomic mass is 19.1. The van der Waals surface area contributed by atoms with Crippen LogP contribution in [0.2, 0.25) is 0 Å². The second kappa shape index (κ2) is 9.53. The van der Waals surface area contributed by atoms with Crippen LogP contribution in [0.5, 0.6) is 5.75 Å². The summed E-state index contributed by atoms with van der Waals surface area (Å²) in [5, 5.41) is 5.92. The summed E-state index contributed by atoms with van der Waals surface area (Å²) >= 11 is 0. The first-order valence-electron chi connectivity index (χ1n) is 11.4. The third-order valence-corrected chi connectivity index (χ3v) is 6.40. The molecule has 1 saturated heterocycles. The average Bonchev–Trinajstić information content (AvgIpc) is 3.67. The molecular weight excluding hydrogens is 401 g/mol. The summed E-state index contributed by atoms with van der Waals surface area (Å²) in [6.45, 7) is 3.87. The van der Waals surface area contributed by atoms with Crippen molar-refractivity contribution in [1.82, 2.24) is 15.5 Å². The van der Waals surface area contributed by atoms with Crippen LogP contribution in [0.1, 0.15) is 57.4 Å². The third-order valence-electron chi connectivity index (χ3n) is 6.40. The van der Waals surface area contributed by atoms with Crippen LogP contribution in [0.4, 0.5) is 9.18 Å². The average molecular weight is 434 g/mol. The standard InChI is InChI=1S/C23H32FN3O4/c1-16-21(28)26-22(29)27(16)15-30-12-4-2-3-11-25-23(9-10-23)18-7-8-19(24)20(13-18)31-14-17-5-6-17/h7-8,13,16-17,25H,2-6,9-12,14-15H2,1H3,(H,26,28,29)/t16-/m0/s1. The van der Waals surface area contributed by atoms with Gasteiger partial charge in [-0.3, -0.25) is 15.0 Å². The van der Waals surface area contributed by atoms with Crippen molar-refractivity contribution in [2.45, 2.75) is 63.5 Å². The van der Waals surface area contributed by atoms with Crippen LogP contribution in [-0.2, 0) is 15.1 Å². The molecule has 0 spiro atoms. The Morgan fingerprint density at radius 2 is 2.03 bits per heavy atom. The Morgan fingerprint density at radius 1 is 1.23 bits per heavy atom. The zero-order valence-electron chi connectivity index (χ0n) is 18.1. The van der Waals surface area contributed by atoms with E-state index in [4.69, 9.17) is 9.47 Å². The first kappa shape index (κ1) is 22.0. The Balaban J connectivity index is 1.12. The first-order valence-corrected chi connectivity index (χ1v) is 11.4. The summed E-state index contributed by atoms with van der Waals surface area (Å²) < 4.78 is 25.3. The van der Waals surface area contributed by atoms with Crippen LogP contribution in [0, 0.1) is 11.7 Å². The maximum Gasteiger partial charge on any atom is 0.326 e. The van der Waals surface area contributed by atoms with Gasteiger partial charge in [-0.15, -0.1) is 0 Å². The fourth-order valence-corrected chi connectivity index (χ4v) is 3.86. The molecule has 0 aromatic heterocycles. The van der Waals surface area contributed by atoms with Gasteiger partial charge >= 0.3 is 6.03 Å². The normalized spacial score (nSPS) is 22.0. The minimum Gasteiger partial charge on any atom is -0.490 e. The number of nitrogens with one attached hydrogen (secondary N) is 2. The SMILES string of the molecule is C[C@H]1C(=O)NC(=O)N1COCCCCCNC1(c2ccc(F)c(OCC3CC3)c2)CC1. The Bertz CT molecular complexity index is 810. The van der Waals surface area contributed by atoms with Gasteiger partial charge in [0.25, 0.3) is 5.91 Å². The van der Waals surface area contributed by atoms with E-state index in [1.165, 1.54) is 23.8 Å². The molecular formula is C23H32FN3O4. The van der Waals surface area contributed by atoms with E-state index in [2.05, 4.69) is 10.6 Å². The highest BCUT2D eigenvalue weighted by Crippen LogP contribution is 2.46. The van der Waals surface area contributed by atoms with E-state index < -0.39 is 12.1 Å². The number of carbonyl (C=O) groups excluding carboxylic acids is 2. The van der Waals surface area contributed by atoms with E-state index in [1.54, 1.807) is 6.92 Å². The molecule has 1 aromatic carbocycles. The minimum absolute atomic E-state index is 0.0479. The Hall–Kier alpha value is -2.19. The molecule has 2 saturated carbocycles. The monoisotopic (exact) mass is 433 g/mol. The molecule has 3 aliphatic rings. The topological polar surface area (TPSA) is 79.9 Å². The van der Waals surface area contributed by atoms with Gasteiger partial charge in [-0.1, -0.05) is 6.07 Å². The molecule has 0 radical (unpaired) electrons. The Morgan fingerprint density at radius 3 is 2.71 bits per heavy atom. The van der Waals surface area contributed by atoms with Gasteiger partial charge < -0.3 is 14.8 Å². The van der Waals surface area contributed by atoms with Gasteiger partial charge in [0, 0.05) is 12.1 Å². The zero-order chi connectivity index (χ0) is 21.8. The van der Waals surface area contributed by atoms with E-state index in [0.29, 0.717) is 24.9 Å². The molecule has 2 N–H and O–H groups in total. The molecule has 1 aliphatic heterocycles. The molecule has 4 rings (SSSR count). The van der Waals surface area contributed by atoms with Crippen LogP contribution in [0.15, 0.2) is 18.2 Å². The lowest BCUT2D eigenvalue weighted by Crippen LogP contribution is -2.35. The summed E-state index contributed by atoms with van der Waals surface area (Å²) in [5.41, 5.74) is 1.06. The van der Waals surface area contributed by atoms with E-state index >= 15 is 0 Å². The number of rotatable bonds is 13. The van der Waals surface area contributed by atoms with Crippen molar-refractivity contribution in [3.63, 3.8) is 0 Å². The summed E-state index contributed by atoms with van der Waals surface area (Å²) in [4.78, 5) is 24.4. The molecule has 2 aliphatic carbocycles. The van der Waals surface area contributed by atoms with Crippen LogP contribution >= 0.6 is 0 Å². The van der Waals surface area contributed by atoms with Crippen LogP contribution in [0.3, 0.4) is 0 Å².